The Morgan fingerprint density at radius 3 is 2.74 bits per heavy atom. The second-order valence-electron chi connectivity index (χ2n) is 3.97. The van der Waals surface area contributed by atoms with E-state index < -0.39 is 10.9 Å². The van der Waals surface area contributed by atoms with E-state index in [0.29, 0.717) is 17.7 Å². The van der Waals surface area contributed by atoms with Gasteiger partial charge in [-0.1, -0.05) is 6.07 Å². The van der Waals surface area contributed by atoms with Crippen molar-refractivity contribution in [1.82, 2.24) is 0 Å². The maximum Gasteiger partial charge on any atom is 0.303 e. The zero-order valence-electron chi connectivity index (χ0n) is 10.4. The predicted molar refractivity (Wildman–Crippen MR) is 68.1 cm³/mol. The quantitative estimate of drug-likeness (QED) is 0.460. The van der Waals surface area contributed by atoms with Crippen LogP contribution in [0.1, 0.15) is 18.4 Å². The van der Waals surface area contributed by atoms with Crippen molar-refractivity contribution in [3.8, 4) is 0 Å². The third kappa shape index (κ3) is 3.77. The van der Waals surface area contributed by atoms with Crippen molar-refractivity contribution in [3.05, 3.63) is 33.9 Å². The predicted octanol–water partition coefficient (Wildman–Crippen LogP) is 1.73. The molecule has 0 saturated heterocycles. The molecule has 1 rings (SSSR count). The van der Waals surface area contributed by atoms with Crippen LogP contribution in [0.3, 0.4) is 0 Å². The number of benzene rings is 1. The number of carbonyl (C=O) groups excluding carboxylic acids is 1. The summed E-state index contributed by atoms with van der Waals surface area (Å²) in [7, 11) is 0. The zero-order chi connectivity index (χ0) is 14.4. The van der Waals surface area contributed by atoms with Crippen LogP contribution in [0.2, 0.25) is 0 Å². The molecule has 0 saturated carbocycles. The van der Waals surface area contributed by atoms with Gasteiger partial charge in [-0.15, -0.1) is 0 Å². The molecule has 0 atom stereocenters. The van der Waals surface area contributed by atoms with Crippen LogP contribution < -0.4 is 4.90 Å². The first-order valence-electron chi connectivity index (χ1n) is 5.65. The van der Waals surface area contributed by atoms with Crippen LogP contribution in [0, 0.1) is 17.0 Å². The first-order valence-corrected chi connectivity index (χ1v) is 5.65. The highest BCUT2D eigenvalue weighted by molar-refractivity contribution is 5.79. The van der Waals surface area contributed by atoms with Gasteiger partial charge in [0.1, 0.15) is 0 Å². The monoisotopic (exact) mass is 266 g/mol. The number of aliphatic carboxylic acids is 1. The van der Waals surface area contributed by atoms with Gasteiger partial charge in [0.25, 0.3) is 5.69 Å². The third-order valence-electron chi connectivity index (χ3n) is 2.70. The van der Waals surface area contributed by atoms with Crippen LogP contribution >= 0.6 is 0 Å². The number of hydrogen-bond acceptors (Lipinski definition) is 4. The van der Waals surface area contributed by atoms with Crippen LogP contribution in [-0.2, 0) is 9.59 Å². The van der Waals surface area contributed by atoms with Crippen molar-refractivity contribution in [2.24, 2.45) is 0 Å². The number of rotatable bonds is 7. The van der Waals surface area contributed by atoms with E-state index in [-0.39, 0.29) is 25.1 Å². The molecule has 1 N–H and O–H groups in total. The Morgan fingerprint density at radius 1 is 1.53 bits per heavy atom. The van der Waals surface area contributed by atoms with Gasteiger partial charge in [-0.2, -0.15) is 0 Å². The fraction of sp³-hybridized carbons (Fsp3) is 0.333. The average Bonchev–Trinajstić information content (AvgIpc) is 2.35. The summed E-state index contributed by atoms with van der Waals surface area (Å²) in [6, 6.07) is 4.45. The molecule has 0 radical (unpaired) electrons. The first-order chi connectivity index (χ1) is 8.97. The van der Waals surface area contributed by atoms with Gasteiger partial charge in [-0.3, -0.25) is 19.7 Å². The van der Waals surface area contributed by atoms with E-state index in [1.165, 1.54) is 17.0 Å². The highest BCUT2D eigenvalue weighted by Gasteiger charge is 2.17. The molecule has 102 valence electrons. The summed E-state index contributed by atoms with van der Waals surface area (Å²) in [5.74, 6) is -0.943. The molecule has 0 aliphatic heterocycles. The summed E-state index contributed by atoms with van der Waals surface area (Å²) in [5.41, 5.74) is 0.743. The lowest BCUT2D eigenvalue weighted by atomic mass is 10.1. The van der Waals surface area contributed by atoms with Crippen molar-refractivity contribution in [2.75, 3.05) is 11.4 Å². The van der Waals surface area contributed by atoms with Gasteiger partial charge in [0.15, 0.2) is 0 Å². The number of nitrogens with zero attached hydrogens (tertiary/aromatic N) is 2. The fourth-order valence-electron chi connectivity index (χ4n) is 1.75. The number of hydrogen-bond donors (Lipinski definition) is 1. The van der Waals surface area contributed by atoms with E-state index in [0.717, 1.165) is 0 Å². The summed E-state index contributed by atoms with van der Waals surface area (Å²) in [4.78, 5) is 33.0. The van der Waals surface area contributed by atoms with Crippen molar-refractivity contribution >= 4 is 23.8 Å². The normalized spacial score (nSPS) is 9.95. The number of nitro groups is 1. The van der Waals surface area contributed by atoms with E-state index in [4.69, 9.17) is 5.11 Å². The van der Waals surface area contributed by atoms with Crippen LogP contribution in [0.25, 0.3) is 0 Å². The largest absolute Gasteiger partial charge is 0.481 e. The van der Waals surface area contributed by atoms with E-state index >= 15 is 0 Å². The first kappa shape index (κ1) is 14.6. The zero-order valence-corrected chi connectivity index (χ0v) is 10.4. The van der Waals surface area contributed by atoms with Gasteiger partial charge in [0.05, 0.1) is 16.2 Å². The minimum Gasteiger partial charge on any atom is -0.481 e. The smallest absolute Gasteiger partial charge is 0.303 e. The number of anilines is 1. The lowest BCUT2D eigenvalue weighted by molar-refractivity contribution is -0.385. The van der Waals surface area contributed by atoms with E-state index in [1.54, 1.807) is 13.0 Å². The van der Waals surface area contributed by atoms with Gasteiger partial charge in [0, 0.05) is 19.0 Å². The van der Waals surface area contributed by atoms with Crippen LogP contribution in [-0.4, -0.2) is 29.0 Å². The van der Waals surface area contributed by atoms with Gasteiger partial charge < -0.3 is 10.0 Å². The molecular formula is C12H14N2O5. The SMILES string of the molecule is Cc1c(N(C=O)CCCC(=O)O)cccc1[N+](=O)[O-]. The lowest BCUT2D eigenvalue weighted by Gasteiger charge is -2.19. The molecule has 19 heavy (non-hydrogen) atoms. The Balaban J connectivity index is 2.92. The Morgan fingerprint density at radius 2 is 2.21 bits per heavy atom. The Labute approximate surface area is 109 Å². The summed E-state index contributed by atoms with van der Waals surface area (Å²) in [6.07, 6.45) is 0.780. The van der Waals surface area contributed by atoms with Crippen LogP contribution in [0.5, 0.6) is 0 Å². The number of carboxylic acids is 1. The summed E-state index contributed by atoms with van der Waals surface area (Å²) >= 11 is 0. The van der Waals surface area contributed by atoms with Crippen LogP contribution in [0.4, 0.5) is 11.4 Å². The molecule has 0 spiro atoms. The fourth-order valence-corrected chi connectivity index (χ4v) is 1.75. The summed E-state index contributed by atoms with van der Waals surface area (Å²) in [6.45, 7) is 1.76. The molecule has 0 aliphatic carbocycles. The van der Waals surface area contributed by atoms with Crippen molar-refractivity contribution in [3.63, 3.8) is 0 Å². The molecule has 1 aromatic carbocycles. The standard InChI is InChI=1S/C12H14N2O5/c1-9-10(4-2-5-11(9)14(18)19)13(8-15)7-3-6-12(16)17/h2,4-5,8H,3,6-7H2,1H3,(H,16,17). The average molecular weight is 266 g/mol. The maximum atomic E-state index is 11.0. The minimum atomic E-state index is -0.943. The maximum absolute atomic E-state index is 11.0. The second-order valence-corrected chi connectivity index (χ2v) is 3.97. The molecule has 1 amide bonds. The number of carboxylic acid groups (broad SMARTS) is 1. The third-order valence-corrected chi connectivity index (χ3v) is 2.70. The molecular weight excluding hydrogens is 252 g/mol. The number of carbonyl (C=O) groups is 2. The van der Waals surface area contributed by atoms with Gasteiger partial charge >= 0.3 is 5.97 Å². The Bertz CT molecular complexity index is 501. The second kappa shape index (κ2) is 6.48. The van der Waals surface area contributed by atoms with E-state index in [9.17, 15) is 19.7 Å². The molecule has 7 heteroatoms. The molecule has 0 bridgehead atoms. The number of amides is 1. The topological polar surface area (TPSA) is 101 Å². The molecule has 0 heterocycles. The Kier molecular flexibility index (Phi) is 4.99. The summed E-state index contributed by atoms with van der Waals surface area (Å²) in [5, 5.41) is 19.4. The Hall–Kier alpha value is -2.44. The van der Waals surface area contributed by atoms with Crippen molar-refractivity contribution < 1.29 is 19.6 Å². The van der Waals surface area contributed by atoms with Crippen LogP contribution in [0.15, 0.2) is 18.2 Å². The van der Waals surface area contributed by atoms with Crippen molar-refractivity contribution in [2.45, 2.75) is 19.8 Å². The van der Waals surface area contributed by atoms with Gasteiger partial charge in [0.2, 0.25) is 6.41 Å². The molecule has 0 unspecified atom stereocenters. The highest BCUT2D eigenvalue weighted by atomic mass is 16.6. The van der Waals surface area contributed by atoms with Crippen molar-refractivity contribution in [1.29, 1.82) is 0 Å². The van der Waals surface area contributed by atoms with E-state index in [1.807, 2.05) is 0 Å². The van der Waals surface area contributed by atoms with E-state index in [2.05, 4.69) is 0 Å². The van der Waals surface area contributed by atoms with Gasteiger partial charge in [-0.05, 0) is 19.4 Å². The molecule has 0 aromatic heterocycles. The summed E-state index contributed by atoms with van der Waals surface area (Å²) < 4.78 is 0. The molecule has 7 nitrogen and oxygen atoms in total. The molecule has 1 aromatic rings. The lowest BCUT2D eigenvalue weighted by Crippen LogP contribution is -2.24. The van der Waals surface area contributed by atoms with Gasteiger partial charge in [-0.25, -0.2) is 0 Å². The minimum absolute atomic E-state index is 0.0572. The molecule has 0 fully saturated rings. The molecule has 0 aliphatic rings. The number of nitro benzene ring substituents is 1. The highest BCUT2D eigenvalue weighted by Crippen LogP contribution is 2.27.